The first-order valence-corrected chi connectivity index (χ1v) is 7.34. The molecular formula is C15H25N3O. The van der Waals surface area contributed by atoms with Crippen LogP contribution in [0.25, 0.3) is 0 Å². The van der Waals surface area contributed by atoms with Crippen molar-refractivity contribution in [3.05, 3.63) is 18.1 Å². The Balaban J connectivity index is 2.21. The second-order valence-corrected chi connectivity index (χ2v) is 5.56. The summed E-state index contributed by atoms with van der Waals surface area (Å²) in [6, 6.07) is 0.272. The molecule has 1 fully saturated rings. The van der Waals surface area contributed by atoms with Crippen LogP contribution in [-0.2, 0) is 0 Å². The summed E-state index contributed by atoms with van der Waals surface area (Å²) in [5, 5.41) is 3.64. The summed E-state index contributed by atoms with van der Waals surface area (Å²) in [6.45, 7) is 5.54. The van der Waals surface area contributed by atoms with Crippen molar-refractivity contribution in [2.45, 2.75) is 45.6 Å². The van der Waals surface area contributed by atoms with Crippen LogP contribution in [0, 0.1) is 11.8 Å². The van der Waals surface area contributed by atoms with Gasteiger partial charge >= 0.3 is 0 Å². The maximum Gasteiger partial charge on any atom is 0.237 e. The largest absolute Gasteiger partial charge is 0.480 e. The lowest BCUT2D eigenvalue weighted by Crippen LogP contribution is -2.29. The fraction of sp³-hybridized carbons (Fsp3) is 0.733. The van der Waals surface area contributed by atoms with Crippen molar-refractivity contribution in [1.29, 1.82) is 0 Å². The lowest BCUT2D eigenvalue weighted by atomic mass is 9.94. The molecular weight excluding hydrogens is 238 g/mol. The summed E-state index contributed by atoms with van der Waals surface area (Å²) in [5.74, 6) is 2.13. The van der Waals surface area contributed by atoms with Crippen LogP contribution < -0.4 is 10.1 Å². The first kappa shape index (κ1) is 14.3. The number of hydrogen-bond acceptors (Lipinski definition) is 4. The molecule has 19 heavy (non-hydrogen) atoms. The van der Waals surface area contributed by atoms with E-state index in [-0.39, 0.29) is 6.04 Å². The van der Waals surface area contributed by atoms with Gasteiger partial charge in [-0.2, -0.15) is 0 Å². The molecule has 0 spiro atoms. The molecule has 1 aromatic rings. The monoisotopic (exact) mass is 263 g/mol. The minimum atomic E-state index is 0.272. The molecule has 0 bridgehead atoms. The van der Waals surface area contributed by atoms with Crippen LogP contribution in [0.3, 0.4) is 0 Å². The molecule has 0 amide bonds. The predicted octanol–water partition coefficient (Wildman–Crippen LogP) is 2.96. The van der Waals surface area contributed by atoms with Gasteiger partial charge in [0.1, 0.15) is 5.69 Å². The van der Waals surface area contributed by atoms with Crippen LogP contribution in [0.15, 0.2) is 12.4 Å². The van der Waals surface area contributed by atoms with Crippen LogP contribution in [0.4, 0.5) is 0 Å². The molecule has 0 saturated heterocycles. The molecule has 1 aliphatic rings. The highest BCUT2D eigenvalue weighted by Gasteiger charge is 2.32. The van der Waals surface area contributed by atoms with Crippen LogP contribution >= 0.6 is 0 Å². The topological polar surface area (TPSA) is 47.0 Å². The Morgan fingerprint density at radius 3 is 2.79 bits per heavy atom. The van der Waals surface area contributed by atoms with E-state index in [1.165, 1.54) is 19.3 Å². The number of ether oxygens (including phenoxy) is 1. The summed E-state index contributed by atoms with van der Waals surface area (Å²) < 4.78 is 5.38. The molecule has 3 unspecified atom stereocenters. The molecule has 4 heteroatoms. The molecule has 2 rings (SSSR count). The van der Waals surface area contributed by atoms with Gasteiger partial charge in [-0.05, 0) is 37.6 Å². The van der Waals surface area contributed by atoms with Crippen molar-refractivity contribution in [3.8, 4) is 5.88 Å². The van der Waals surface area contributed by atoms with Gasteiger partial charge in [-0.1, -0.05) is 20.3 Å². The summed E-state index contributed by atoms with van der Waals surface area (Å²) in [4.78, 5) is 8.81. The van der Waals surface area contributed by atoms with Crippen molar-refractivity contribution in [2.75, 3.05) is 13.7 Å². The number of nitrogens with one attached hydrogen (secondary N) is 1. The zero-order valence-electron chi connectivity index (χ0n) is 12.2. The number of nitrogens with zero attached hydrogens (tertiary/aromatic N) is 2. The summed E-state index contributed by atoms with van der Waals surface area (Å²) in [7, 11) is 1.67. The number of aromatic nitrogens is 2. The fourth-order valence-corrected chi connectivity index (χ4v) is 3.05. The van der Waals surface area contributed by atoms with E-state index in [1.807, 2.05) is 0 Å². The average molecular weight is 263 g/mol. The molecule has 1 heterocycles. The van der Waals surface area contributed by atoms with E-state index >= 15 is 0 Å². The van der Waals surface area contributed by atoms with Crippen molar-refractivity contribution in [2.24, 2.45) is 11.8 Å². The minimum Gasteiger partial charge on any atom is -0.480 e. The van der Waals surface area contributed by atoms with Crippen LogP contribution in [0.5, 0.6) is 5.88 Å². The Morgan fingerprint density at radius 1 is 1.37 bits per heavy atom. The Bertz CT molecular complexity index is 397. The molecule has 106 valence electrons. The highest BCUT2D eigenvalue weighted by Crippen LogP contribution is 2.40. The van der Waals surface area contributed by atoms with Gasteiger partial charge in [-0.25, -0.2) is 4.98 Å². The molecule has 0 aromatic carbocycles. The van der Waals surface area contributed by atoms with Gasteiger partial charge in [-0.3, -0.25) is 4.98 Å². The molecule has 1 saturated carbocycles. The maximum atomic E-state index is 5.38. The van der Waals surface area contributed by atoms with Crippen LogP contribution in [0.2, 0.25) is 0 Å². The molecule has 3 atom stereocenters. The van der Waals surface area contributed by atoms with Gasteiger partial charge in [-0.15, -0.1) is 0 Å². The smallest absolute Gasteiger partial charge is 0.237 e. The molecule has 4 nitrogen and oxygen atoms in total. The third kappa shape index (κ3) is 3.44. The summed E-state index contributed by atoms with van der Waals surface area (Å²) >= 11 is 0. The molecule has 0 aliphatic heterocycles. The SMILES string of the molecule is CCCNC(c1nccnc1OC)C1CCC(C)C1. The van der Waals surface area contributed by atoms with Crippen molar-refractivity contribution < 1.29 is 4.74 Å². The Hall–Kier alpha value is -1.16. The highest BCUT2D eigenvalue weighted by molar-refractivity contribution is 5.22. The number of methoxy groups -OCH3 is 1. The second-order valence-electron chi connectivity index (χ2n) is 5.56. The zero-order chi connectivity index (χ0) is 13.7. The van der Waals surface area contributed by atoms with Crippen LogP contribution in [0.1, 0.15) is 51.3 Å². The lowest BCUT2D eigenvalue weighted by molar-refractivity contribution is 0.325. The lowest BCUT2D eigenvalue weighted by Gasteiger charge is -2.25. The third-order valence-electron chi connectivity index (χ3n) is 4.00. The third-order valence-corrected chi connectivity index (χ3v) is 4.00. The Morgan fingerprint density at radius 2 is 2.16 bits per heavy atom. The Kier molecular flexibility index (Phi) is 5.14. The van der Waals surface area contributed by atoms with E-state index in [1.54, 1.807) is 19.5 Å². The van der Waals surface area contributed by atoms with E-state index in [0.29, 0.717) is 11.8 Å². The first-order valence-electron chi connectivity index (χ1n) is 7.34. The van der Waals surface area contributed by atoms with Crippen molar-refractivity contribution >= 4 is 0 Å². The quantitative estimate of drug-likeness (QED) is 0.857. The summed E-state index contributed by atoms with van der Waals surface area (Å²) in [6.07, 6.45) is 8.43. The van der Waals surface area contributed by atoms with Gasteiger partial charge in [0.25, 0.3) is 0 Å². The zero-order valence-corrected chi connectivity index (χ0v) is 12.2. The highest BCUT2D eigenvalue weighted by atomic mass is 16.5. The van der Waals surface area contributed by atoms with Gasteiger partial charge in [0.15, 0.2) is 0 Å². The maximum absolute atomic E-state index is 5.38. The fourth-order valence-electron chi connectivity index (χ4n) is 3.05. The van der Waals surface area contributed by atoms with E-state index < -0.39 is 0 Å². The van der Waals surface area contributed by atoms with Crippen molar-refractivity contribution in [3.63, 3.8) is 0 Å². The Labute approximate surface area is 116 Å². The van der Waals surface area contributed by atoms with Gasteiger partial charge in [0.2, 0.25) is 5.88 Å². The normalized spacial score (nSPS) is 24.4. The van der Waals surface area contributed by atoms with Crippen molar-refractivity contribution in [1.82, 2.24) is 15.3 Å². The standard InChI is InChI=1S/C15H25N3O/c1-4-7-16-13(12-6-5-11(2)10-12)14-15(19-3)18-9-8-17-14/h8-9,11-13,16H,4-7,10H2,1-3H3. The first-order chi connectivity index (χ1) is 9.26. The van der Waals surface area contributed by atoms with Gasteiger partial charge < -0.3 is 10.1 Å². The van der Waals surface area contributed by atoms with E-state index in [9.17, 15) is 0 Å². The van der Waals surface area contributed by atoms with Crippen LogP contribution in [-0.4, -0.2) is 23.6 Å². The molecule has 1 aliphatic carbocycles. The van der Waals surface area contributed by atoms with Gasteiger partial charge in [0.05, 0.1) is 13.2 Å². The summed E-state index contributed by atoms with van der Waals surface area (Å²) in [5.41, 5.74) is 0.970. The van der Waals surface area contributed by atoms with E-state index in [4.69, 9.17) is 4.74 Å². The van der Waals surface area contributed by atoms with Gasteiger partial charge in [0, 0.05) is 12.4 Å². The van der Waals surface area contributed by atoms with E-state index in [2.05, 4.69) is 29.1 Å². The average Bonchev–Trinajstić information content (AvgIpc) is 2.86. The predicted molar refractivity (Wildman–Crippen MR) is 76.1 cm³/mol. The number of rotatable bonds is 6. The molecule has 0 radical (unpaired) electrons. The molecule has 1 N–H and O–H groups in total. The molecule has 1 aromatic heterocycles. The van der Waals surface area contributed by atoms with E-state index in [0.717, 1.165) is 24.6 Å². The number of hydrogen-bond donors (Lipinski definition) is 1. The second kappa shape index (κ2) is 6.85. The minimum absolute atomic E-state index is 0.272.